The maximum atomic E-state index is 11.4. The smallest absolute Gasteiger partial charge is 0.338 e. The fraction of sp³-hybridized carbons (Fsp3) is 0.462. The van der Waals surface area contributed by atoms with Crippen LogP contribution in [0.1, 0.15) is 30.1 Å². The van der Waals surface area contributed by atoms with Crippen molar-refractivity contribution in [2.45, 2.75) is 25.4 Å². The van der Waals surface area contributed by atoms with E-state index in [9.17, 15) is 25.1 Å². The number of piperidine rings is 1. The van der Waals surface area contributed by atoms with E-state index in [1.165, 1.54) is 0 Å². The van der Waals surface area contributed by atoms with Crippen LogP contribution < -0.4 is 4.90 Å². The average Bonchev–Trinajstić information content (AvgIpc) is 2.38. The Morgan fingerprint density at radius 2 is 2.00 bits per heavy atom. The number of anilines is 1. The van der Waals surface area contributed by atoms with E-state index in [1.54, 1.807) is 11.8 Å². The van der Waals surface area contributed by atoms with Crippen molar-refractivity contribution in [2.24, 2.45) is 0 Å². The van der Waals surface area contributed by atoms with Gasteiger partial charge in [-0.1, -0.05) is 11.6 Å². The van der Waals surface area contributed by atoms with Crippen LogP contribution in [0.15, 0.2) is 12.1 Å². The van der Waals surface area contributed by atoms with Crippen LogP contribution in [0.5, 0.6) is 0 Å². The van der Waals surface area contributed by atoms with Gasteiger partial charge in [-0.2, -0.15) is 0 Å². The van der Waals surface area contributed by atoms with Crippen molar-refractivity contribution in [3.8, 4) is 0 Å². The van der Waals surface area contributed by atoms with E-state index >= 15 is 0 Å². The normalized spacial score (nSPS) is 17.6. The standard InChI is InChI=1S/C13H15ClN2O5/c1-13(19)2-4-15(5-3-13)11-9(12(17)18)6-8(16(20)21)7-10(11)14/h6-7,19H,2-5H2,1H3,(H,17,18). The molecule has 1 fully saturated rings. The number of benzene rings is 1. The molecule has 0 spiro atoms. The Morgan fingerprint density at radius 3 is 2.48 bits per heavy atom. The number of carbonyl (C=O) groups is 1. The van der Waals surface area contributed by atoms with E-state index in [2.05, 4.69) is 0 Å². The molecule has 1 aliphatic rings. The highest BCUT2D eigenvalue weighted by atomic mass is 35.5. The number of hydrogen-bond acceptors (Lipinski definition) is 5. The topological polar surface area (TPSA) is 104 Å². The lowest BCUT2D eigenvalue weighted by Crippen LogP contribution is -2.43. The molecule has 1 aliphatic heterocycles. The highest BCUT2D eigenvalue weighted by molar-refractivity contribution is 6.34. The van der Waals surface area contributed by atoms with E-state index in [1.807, 2.05) is 0 Å². The minimum absolute atomic E-state index is 0.0307. The summed E-state index contributed by atoms with van der Waals surface area (Å²) in [4.78, 5) is 23.2. The second kappa shape index (κ2) is 5.50. The fourth-order valence-electron chi connectivity index (χ4n) is 2.39. The third-order valence-corrected chi connectivity index (χ3v) is 3.93. The van der Waals surface area contributed by atoms with E-state index in [0.717, 1.165) is 12.1 Å². The second-order valence-electron chi connectivity index (χ2n) is 5.37. The zero-order valence-electron chi connectivity index (χ0n) is 11.4. The molecule has 0 unspecified atom stereocenters. The summed E-state index contributed by atoms with van der Waals surface area (Å²) in [6.07, 6.45) is 0.943. The van der Waals surface area contributed by atoms with Gasteiger partial charge in [0.25, 0.3) is 5.69 Å². The van der Waals surface area contributed by atoms with Crippen molar-refractivity contribution in [3.05, 3.63) is 32.8 Å². The van der Waals surface area contributed by atoms with Gasteiger partial charge in [-0.05, 0) is 19.8 Å². The van der Waals surface area contributed by atoms with Gasteiger partial charge >= 0.3 is 5.97 Å². The summed E-state index contributed by atoms with van der Waals surface area (Å²) in [5.74, 6) is -1.27. The van der Waals surface area contributed by atoms with Crippen LogP contribution in [0.3, 0.4) is 0 Å². The largest absolute Gasteiger partial charge is 0.478 e. The van der Waals surface area contributed by atoms with Gasteiger partial charge in [0.05, 0.1) is 26.8 Å². The van der Waals surface area contributed by atoms with E-state index < -0.39 is 16.5 Å². The highest BCUT2D eigenvalue weighted by Gasteiger charge is 2.31. The molecular weight excluding hydrogens is 300 g/mol. The van der Waals surface area contributed by atoms with Gasteiger partial charge in [0.15, 0.2) is 0 Å². The molecule has 7 nitrogen and oxygen atoms in total. The van der Waals surface area contributed by atoms with E-state index in [0.29, 0.717) is 25.9 Å². The minimum Gasteiger partial charge on any atom is -0.478 e. The molecule has 1 aromatic rings. The molecule has 8 heteroatoms. The molecule has 0 aromatic heterocycles. The van der Waals surface area contributed by atoms with Crippen LogP contribution in [-0.2, 0) is 0 Å². The van der Waals surface area contributed by atoms with Crippen LogP contribution >= 0.6 is 11.6 Å². The Morgan fingerprint density at radius 1 is 1.43 bits per heavy atom. The molecular formula is C13H15ClN2O5. The Bertz CT molecular complexity index is 592. The van der Waals surface area contributed by atoms with Gasteiger partial charge in [0, 0.05) is 25.2 Å². The molecule has 0 amide bonds. The molecule has 114 valence electrons. The van der Waals surface area contributed by atoms with Crippen molar-refractivity contribution in [2.75, 3.05) is 18.0 Å². The van der Waals surface area contributed by atoms with Crippen LogP contribution in [0.4, 0.5) is 11.4 Å². The molecule has 2 N–H and O–H groups in total. The minimum atomic E-state index is -1.27. The molecule has 2 rings (SSSR count). The lowest BCUT2D eigenvalue weighted by molar-refractivity contribution is -0.384. The number of non-ortho nitro benzene ring substituents is 1. The number of rotatable bonds is 3. The van der Waals surface area contributed by atoms with Crippen LogP contribution in [0, 0.1) is 10.1 Å². The van der Waals surface area contributed by atoms with Crippen molar-refractivity contribution >= 4 is 28.9 Å². The van der Waals surface area contributed by atoms with E-state index in [-0.39, 0.29) is 22.0 Å². The number of carboxylic acid groups (broad SMARTS) is 1. The summed E-state index contributed by atoms with van der Waals surface area (Å²) in [6, 6.07) is 2.16. The molecule has 0 aliphatic carbocycles. The van der Waals surface area contributed by atoms with Crippen LogP contribution in [0.25, 0.3) is 0 Å². The second-order valence-corrected chi connectivity index (χ2v) is 5.78. The molecule has 1 aromatic carbocycles. The number of aromatic carboxylic acids is 1. The molecule has 1 saturated heterocycles. The predicted octanol–water partition coefficient (Wildman–Crippen LogP) is 2.30. The number of carboxylic acids is 1. The van der Waals surface area contributed by atoms with Gasteiger partial charge in [0.1, 0.15) is 0 Å². The first-order chi connectivity index (χ1) is 9.71. The number of nitro groups is 1. The number of halogens is 1. The summed E-state index contributed by atoms with van der Waals surface area (Å²) in [5.41, 5.74) is -1.07. The molecule has 0 saturated carbocycles. The van der Waals surface area contributed by atoms with Crippen molar-refractivity contribution < 1.29 is 19.9 Å². The lowest BCUT2D eigenvalue weighted by Gasteiger charge is -2.37. The molecule has 21 heavy (non-hydrogen) atoms. The maximum absolute atomic E-state index is 11.4. The number of hydrogen-bond donors (Lipinski definition) is 2. The lowest BCUT2D eigenvalue weighted by atomic mass is 9.93. The van der Waals surface area contributed by atoms with Crippen LogP contribution in [-0.4, -0.2) is 39.8 Å². The van der Waals surface area contributed by atoms with Gasteiger partial charge in [0.2, 0.25) is 0 Å². The summed E-state index contributed by atoms with van der Waals surface area (Å²) in [7, 11) is 0. The first-order valence-electron chi connectivity index (χ1n) is 6.40. The highest BCUT2D eigenvalue weighted by Crippen LogP contribution is 2.37. The summed E-state index contributed by atoms with van der Waals surface area (Å²) in [5, 5.41) is 30.0. The zero-order chi connectivity index (χ0) is 15.8. The van der Waals surface area contributed by atoms with E-state index in [4.69, 9.17) is 11.6 Å². The van der Waals surface area contributed by atoms with Gasteiger partial charge in [-0.3, -0.25) is 10.1 Å². The predicted molar refractivity (Wildman–Crippen MR) is 77.1 cm³/mol. The first-order valence-corrected chi connectivity index (χ1v) is 6.77. The summed E-state index contributed by atoms with van der Waals surface area (Å²) >= 11 is 6.06. The van der Waals surface area contributed by atoms with Crippen molar-refractivity contribution in [1.29, 1.82) is 0 Å². The zero-order valence-corrected chi connectivity index (χ0v) is 12.1. The maximum Gasteiger partial charge on any atom is 0.338 e. The van der Waals surface area contributed by atoms with Crippen molar-refractivity contribution in [3.63, 3.8) is 0 Å². The molecule has 1 heterocycles. The molecule has 0 bridgehead atoms. The number of aliphatic hydroxyl groups is 1. The SMILES string of the molecule is CC1(O)CCN(c2c(Cl)cc([N+](=O)[O-])cc2C(=O)O)CC1. The Balaban J connectivity index is 2.43. The monoisotopic (exact) mass is 314 g/mol. The average molecular weight is 315 g/mol. The molecule has 0 atom stereocenters. The number of nitro benzene ring substituents is 1. The van der Waals surface area contributed by atoms with Gasteiger partial charge in [-0.15, -0.1) is 0 Å². The van der Waals surface area contributed by atoms with Gasteiger partial charge in [-0.25, -0.2) is 4.79 Å². The van der Waals surface area contributed by atoms with Gasteiger partial charge < -0.3 is 15.1 Å². The fourth-order valence-corrected chi connectivity index (χ4v) is 2.72. The Kier molecular flexibility index (Phi) is 4.06. The first kappa shape index (κ1) is 15.5. The third kappa shape index (κ3) is 3.25. The quantitative estimate of drug-likeness (QED) is 0.655. The Labute approximate surface area is 125 Å². The van der Waals surface area contributed by atoms with Crippen molar-refractivity contribution in [1.82, 2.24) is 0 Å². The summed E-state index contributed by atoms with van der Waals surface area (Å²) < 4.78 is 0. The van der Waals surface area contributed by atoms with Crippen LogP contribution in [0.2, 0.25) is 5.02 Å². The molecule has 0 radical (unpaired) electrons. The Hall–Kier alpha value is -1.86. The number of nitrogens with zero attached hydrogens (tertiary/aromatic N) is 2. The third-order valence-electron chi connectivity index (χ3n) is 3.65. The summed E-state index contributed by atoms with van der Waals surface area (Å²) in [6.45, 7) is 2.59.